The molecule has 1 amide bonds. The van der Waals surface area contributed by atoms with Crippen LogP contribution in [0.5, 0.6) is 5.75 Å². The highest BCUT2D eigenvalue weighted by atomic mass is 19.1. The molecule has 7 heteroatoms. The van der Waals surface area contributed by atoms with Crippen molar-refractivity contribution in [3.8, 4) is 5.75 Å². The lowest BCUT2D eigenvalue weighted by atomic mass is 9.72. The van der Waals surface area contributed by atoms with Gasteiger partial charge in [-0.3, -0.25) is 0 Å². The van der Waals surface area contributed by atoms with E-state index in [2.05, 4.69) is 10.2 Å². The maximum absolute atomic E-state index is 14.2. The van der Waals surface area contributed by atoms with Crippen LogP contribution in [0.2, 0.25) is 0 Å². The fourth-order valence-electron chi connectivity index (χ4n) is 4.66. The summed E-state index contributed by atoms with van der Waals surface area (Å²) in [5, 5.41) is 3.32. The van der Waals surface area contributed by atoms with Crippen molar-refractivity contribution >= 4 is 11.8 Å². The number of rotatable bonds is 3. The number of nitrogens with zero attached hydrogens (tertiary/aromatic N) is 2. The van der Waals surface area contributed by atoms with Crippen LogP contribution in [-0.4, -0.2) is 62.0 Å². The van der Waals surface area contributed by atoms with Crippen molar-refractivity contribution < 1.29 is 18.7 Å². The van der Waals surface area contributed by atoms with Crippen LogP contribution in [-0.2, 0) is 4.74 Å². The van der Waals surface area contributed by atoms with E-state index in [1.807, 2.05) is 31.7 Å². The monoisotopic (exact) mass is 419 g/mol. The number of likely N-dealkylation sites (tertiary alicyclic amines) is 1. The molecule has 1 aromatic carbocycles. The molecule has 6 nitrogen and oxygen atoms in total. The number of carbonyl (C=O) groups is 1. The predicted molar refractivity (Wildman–Crippen MR) is 115 cm³/mol. The van der Waals surface area contributed by atoms with Gasteiger partial charge in [0.15, 0.2) is 0 Å². The van der Waals surface area contributed by atoms with Gasteiger partial charge in [0.25, 0.3) is 0 Å². The standard InChI is InChI=1S/C23H34FN3O3/c1-22(2,3)30-21(28)26-10-6-23(7-11-26)15-27(16-23)18-12-17(24)13-20(14-18)29-19-4-8-25-9-5-19/h12-14,19,25H,4-11,15-16H2,1-3H3. The van der Waals surface area contributed by atoms with E-state index in [-0.39, 0.29) is 23.4 Å². The first-order valence-electron chi connectivity index (χ1n) is 11.1. The summed E-state index contributed by atoms with van der Waals surface area (Å²) in [6.07, 6.45) is 3.74. The number of amides is 1. The van der Waals surface area contributed by atoms with Crippen LogP contribution in [0.1, 0.15) is 46.5 Å². The quantitative estimate of drug-likeness (QED) is 0.808. The zero-order valence-electron chi connectivity index (χ0n) is 18.4. The molecule has 3 aliphatic rings. The molecule has 0 bridgehead atoms. The number of carbonyl (C=O) groups excluding carboxylic acids is 1. The zero-order chi connectivity index (χ0) is 21.4. The van der Waals surface area contributed by atoms with Gasteiger partial charge in [-0.1, -0.05) is 0 Å². The molecule has 0 saturated carbocycles. The van der Waals surface area contributed by atoms with Gasteiger partial charge in [0, 0.05) is 49.4 Å². The minimum absolute atomic E-state index is 0.154. The summed E-state index contributed by atoms with van der Waals surface area (Å²) in [6.45, 7) is 10.8. The van der Waals surface area contributed by atoms with E-state index in [9.17, 15) is 9.18 Å². The van der Waals surface area contributed by atoms with Gasteiger partial charge in [0.05, 0.1) is 0 Å². The van der Waals surface area contributed by atoms with Crippen molar-refractivity contribution in [2.75, 3.05) is 44.2 Å². The van der Waals surface area contributed by atoms with Crippen LogP contribution in [0.3, 0.4) is 0 Å². The molecular weight excluding hydrogens is 385 g/mol. The van der Waals surface area contributed by atoms with Gasteiger partial charge in [0.2, 0.25) is 0 Å². The molecule has 0 atom stereocenters. The Balaban J connectivity index is 1.31. The third kappa shape index (κ3) is 4.99. The van der Waals surface area contributed by atoms with Crippen LogP contribution >= 0.6 is 0 Å². The molecule has 30 heavy (non-hydrogen) atoms. The minimum Gasteiger partial charge on any atom is -0.490 e. The van der Waals surface area contributed by atoms with Crippen LogP contribution in [0.25, 0.3) is 0 Å². The number of halogens is 1. The van der Waals surface area contributed by atoms with E-state index in [1.165, 1.54) is 6.07 Å². The van der Waals surface area contributed by atoms with Crippen LogP contribution in [0, 0.1) is 11.2 Å². The maximum Gasteiger partial charge on any atom is 0.410 e. The molecule has 1 N–H and O–H groups in total. The fourth-order valence-corrected chi connectivity index (χ4v) is 4.66. The summed E-state index contributed by atoms with van der Waals surface area (Å²) >= 11 is 0. The molecule has 0 aliphatic carbocycles. The van der Waals surface area contributed by atoms with Crippen LogP contribution in [0.4, 0.5) is 14.9 Å². The van der Waals surface area contributed by atoms with E-state index in [1.54, 1.807) is 6.07 Å². The molecule has 1 spiro atoms. The Morgan fingerprint density at radius 1 is 1.13 bits per heavy atom. The highest BCUT2D eigenvalue weighted by Crippen LogP contribution is 2.43. The number of nitrogens with one attached hydrogen (secondary N) is 1. The average Bonchev–Trinajstić information content (AvgIpc) is 2.65. The summed E-state index contributed by atoms with van der Waals surface area (Å²) in [4.78, 5) is 16.3. The van der Waals surface area contributed by atoms with Crippen molar-refractivity contribution in [1.29, 1.82) is 0 Å². The van der Waals surface area contributed by atoms with Crippen molar-refractivity contribution in [1.82, 2.24) is 10.2 Å². The summed E-state index contributed by atoms with van der Waals surface area (Å²) in [7, 11) is 0. The molecule has 4 rings (SSSR count). The molecule has 0 radical (unpaired) electrons. The number of benzene rings is 1. The highest BCUT2D eigenvalue weighted by Gasteiger charge is 2.46. The maximum atomic E-state index is 14.2. The Bertz CT molecular complexity index is 757. The predicted octanol–water partition coefficient (Wildman–Crippen LogP) is 3.79. The zero-order valence-corrected chi connectivity index (χ0v) is 18.4. The Morgan fingerprint density at radius 2 is 1.80 bits per heavy atom. The minimum atomic E-state index is -0.467. The van der Waals surface area contributed by atoms with Gasteiger partial charge < -0.3 is 24.6 Å². The number of piperidine rings is 2. The number of ether oxygens (including phenoxy) is 2. The lowest BCUT2D eigenvalue weighted by Crippen LogP contribution is -2.61. The topological polar surface area (TPSA) is 54.0 Å². The molecule has 166 valence electrons. The molecule has 0 aromatic heterocycles. The SMILES string of the molecule is CC(C)(C)OC(=O)N1CCC2(CC1)CN(c1cc(F)cc(OC3CCNCC3)c1)C2. The Kier molecular flexibility index (Phi) is 5.84. The number of anilines is 1. The second-order valence-electron chi connectivity index (χ2n) is 10.0. The first-order chi connectivity index (χ1) is 14.2. The Labute approximate surface area is 178 Å². The molecule has 0 unspecified atom stereocenters. The lowest BCUT2D eigenvalue weighted by molar-refractivity contribution is 0.00596. The third-order valence-electron chi connectivity index (χ3n) is 6.34. The van der Waals surface area contributed by atoms with Crippen molar-refractivity contribution in [3.63, 3.8) is 0 Å². The summed E-state index contributed by atoms with van der Waals surface area (Å²) in [5.41, 5.74) is 0.630. The first-order valence-corrected chi connectivity index (χ1v) is 11.1. The first kappa shape index (κ1) is 21.2. The second kappa shape index (κ2) is 8.25. The third-order valence-corrected chi connectivity index (χ3v) is 6.34. The molecule has 3 fully saturated rings. The molecule has 3 saturated heterocycles. The molecular formula is C23H34FN3O3. The van der Waals surface area contributed by atoms with Crippen molar-refractivity contribution in [2.24, 2.45) is 5.41 Å². The second-order valence-corrected chi connectivity index (χ2v) is 10.0. The number of hydrogen-bond acceptors (Lipinski definition) is 5. The van der Waals surface area contributed by atoms with E-state index in [0.29, 0.717) is 5.75 Å². The average molecular weight is 420 g/mol. The summed E-state index contributed by atoms with van der Waals surface area (Å²) < 4.78 is 25.8. The molecule has 1 aromatic rings. The van der Waals surface area contributed by atoms with E-state index < -0.39 is 5.60 Å². The van der Waals surface area contributed by atoms with Gasteiger partial charge in [-0.25, -0.2) is 9.18 Å². The Hall–Kier alpha value is -2.02. The molecule has 3 aliphatic heterocycles. The van der Waals surface area contributed by atoms with Gasteiger partial charge in [-0.05, 0) is 65.6 Å². The van der Waals surface area contributed by atoms with Crippen molar-refractivity contribution in [2.45, 2.75) is 58.2 Å². The van der Waals surface area contributed by atoms with Crippen LogP contribution in [0.15, 0.2) is 18.2 Å². The summed E-state index contributed by atoms with van der Waals surface area (Å²) in [6, 6.07) is 5.05. The summed E-state index contributed by atoms with van der Waals surface area (Å²) in [5.74, 6) is 0.370. The lowest BCUT2D eigenvalue weighted by Gasteiger charge is -2.55. The van der Waals surface area contributed by atoms with Crippen molar-refractivity contribution in [3.05, 3.63) is 24.0 Å². The van der Waals surface area contributed by atoms with Crippen LogP contribution < -0.4 is 15.0 Å². The fraction of sp³-hybridized carbons (Fsp3) is 0.696. The Morgan fingerprint density at radius 3 is 2.43 bits per heavy atom. The smallest absolute Gasteiger partial charge is 0.410 e. The number of hydrogen-bond donors (Lipinski definition) is 1. The normalized spacial score (nSPS) is 22.0. The largest absolute Gasteiger partial charge is 0.490 e. The van der Waals surface area contributed by atoms with Gasteiger partial charge in [0.1, 0.15) is 23.3 Å². The van der Waals surface area contributed by atoms with E-state index in [4.69, 9.17) is 9.47 Å². The van der Waals surface area contributed by atoms with Gasteiger partial charge in [-0.15, -0.1) is 0 Å². The van der Waals surface area contributed by atoms with E-state index in [0.717, 1.165) is 70.6 Å². The highest BCUT2D eigenvalue weighted by molar-refractivity contribution is 5.68. The van der Waals surface area contributed by atoms with E-state index >= 15 is 0 Å². The van der Waals surface area contributed by atoms with Gasteiger partial charge in [-0.2, -0.15) is 0 Å². The van der Waals surface area contributed by atoms with Gasteiger partial charge >= 0.3 is 6.09 Å². The molecule has 3 heterocycles.